The third kappa shape index (κ3) is 6.02. The van der Waals surface area contributed by atoms with Crippen molar-refractivity contribution in [2.24, 2.45) is 11.3 Å². The quantitative estimate of drug-likeness (QED) is 0.574. The first-order chi connectivity index (χ1) is 8.74. The highest BCUT2D eigenvalue weighted by Crippen LogP contribution is 2.31. The normalized spacial score (nSPS) is 15.9. The summed E-state index contributed by atoms with van der Waals surface area (Å²) < 4.78 is 4.76. The lowest BCUT2D eigenvalue weighted by atomic mass is 9.76. The number of aliphatic hydroxyl groups is 1. The van der Waals surface area contributed by atoms with E-state index in [0.29, 0.717) is 13.0 Å². The summed E-state index contributed by atoms with van der Waals surface area (Å²) >= 11 is 0. The molecule has 19 heavy (non-hydrogen) atoms. The molecule has 2 unspecified atom stereocenters. The number of nitrogens with one attached hydrogen (secondary N) is 1. The lowest BCUT2D eigenvalue weighted by Crippen LogP contribution is -2.39. The minimum Gasteiger partial charge on any atom is -0.481 e. The van der Waals surface area contributed by atoms with Crippen LogP contribution < -0.4 is 5.32 Å². The molecule has 0 aliphatic heterocycles. The third-order valence-electron chi connectivity index (χ3n) is 3.45. The molecule has 0 bridgehead atoms. The van der Waals surface area contributed by atoms with Crippen molar-refractivity contribution in [1.29, 1.82) is 0 Å². The Morgan fingerprint density at radius 3 is 2.37 bits per heavy atom. The van der Waals surface area contributed by atoms with Gasteiger partial charge < -0.3 is 20.3 Å². The maximum Gasteiger partial charge on any atom is 0.310 e. The highest BCUT2D eigenvalue weighted by Gasteiger charge is 2.38. The van der Waals surface area contributed by atoms with Crippen molar-refractivity contribution in [3.8, 4) is 0 Å². The summed E-state index contributed by atoms with van der Waals surface area (Å²) in [4.78, 5) is 22.9. The smallest absolute Gasteiger partial charge is 0.310 e. The van der Waals surface area contributed by atoms with Gasteiger partial charge in [0.15, 0.2) is 0 Å². The van der Waals surface area contributed by atoms with E-state index in [1.165, 1.54) is 7.11 Å². The fourth-order valence-corrected chi connectivity index (χ4v) is 1.58. The molecule has 0 heterocycles. The van der Waals surface area contributed by atoms with Gasteiger partial charge in [-0.2, -0.15) is 0 Å². The van der Waals surface area contributed by atoms with Crippen LogP contribution in [-0.4, -0.2) is 48.5 Å². The van der Waals surface area contributed by atoms with Crippen molar-refractivity contribution in [3.63, 3.8) is 0 Å². The number of methoxy groups -OCH3 is 1. The van der Waals surface area contributed by atoms with E-state index in [2.05, 4.69) is 5.32 Å². The van der Waals surface area contributed by atoms with E-state index in [1.807, 2.05) is 0 Å². The van der Waals surface area contributed by atoms with Crippen LogP contribution in [0.3, 0.4) is 0 Å². The summed E-state index contributed by atoms with van der Waals surface area (Å²) in [7, 11) is 1.49. The van der Waals surface area contributed by atoms with E-state index in [1.54, 1.807) is 20.8 Å². The van der Waals surface area contributed by atoms with Gasteiger partial charge >= 0.3 is 5.97 Å². The van der Waals surface area contributed by atoms with E-state index in [9.17, 15) is 19.8 Å². The summed E-state index contributed by atoms with van der Waals surface area (Å²) in [5.41, 5.74) is -1.07. The average Bonchev–Trinajstić information content (AvgIpc) is 2.28. The molecule has 0 aliphatic rings. The molecule has 0 saturated heterocycles. The first-order valence-electron chi connectivity index (χ1n) is 6.41. The molecule has 0 aromatic rings. The van der Waals surface area contributed by atoms with Gasteiger partial charge in [-0.1, -0.05) is 13.8 Å². The van der Waals surface area contributed by atoms with Gasteiger partial charge in [-0.3, -0.25) is 9.59 Å². The predicted octanol–water partition coefficient (Wildman–Crippen LogP) is 0.637. The molecule has 0 fully saturated rings. The van der Waals surface area contributed by atoms with Crippen molar-refractivity contribution < 1.29 is 24.5 Å². The molecule has 0 radical (unpaired) electrons. The topological polar surface area (TPSA) is 95.9 Å². The van der Waals surface area contributed by atoms with Gasteiger partial charge in [-0.05, 0) is 19.3 Å². The van der Waals surface area contributed by atoms with Crippen LogP contribution in [0, 0.1) is 11.3 Å². The van der Waals surface area contributed by atoms with Crippen molar-refractivity contribution in [2.75, 3.05) is 20.3 Å². The molecule has 0 rings (SSSR count). The maximum atomic E-state index is 11.7. The molecular formula is C13H25NO5. The summed E-state index contributed by atoms with van der Waals surface area (Å²) in [6, 6.07) is 0. The molecule has 6 nitrogen and oxygen atoms in total. The second kappa shape index (κ2) is 8.12. The summed E-state index contributed by atoms with van der Waals surface area (Å²) in [6.07, 6.45) is -0.313. The van der Waals surface area contributed by atoms with Crippen LogP contribution in [0.4, 0.5) is 0 Å². The van der Waals surface area contributed by atoms with E-state index in [4.69, 9.17) is 4.74 Å². The number of carbonyl (C=O) groups excluding carboxylic acids is 1. The number of carboxylic acid groups (broad SMARTS) is 1. The van der Waals surface area contributed by atoms with Crippen LogP contribution >= 0.6 is 0 Å². The van der Waals surface area contributed by atoms with E-state index >= 15 is 0 Å². The summed E-state index contributed by atoms with van der Waals surface area (Å²) in [5, 5.41) is 21.2. The molecule has 3 N–H and O–H groups in total. The zero-order valence-corrected chi connectivity index (χ0v) is 12.1. The van der Waals surface area contributed by atoms with E-state index in [0.717, 1.165) is 0 Å². The summed E-state index contributed by atoms with van der Waals surface area (Å²) in [6.45, 7) is 5.65. The number of amides is 1. The first kappa shape index (κ1) is 17.9. The lowest BCUT2D eigenvalue weighted by Gasteiger charge is -2.28. The fraction of sp³-hybridized carbons (Fsp3) is 0.846. The van der Waals surface area contributed by atoms with Crippen molar-refractivity contribution in [3.05, 3.63) is 0 Å². The molecule has 0 saturated carbocycles. The molecule has 0 aromatic carbocycles. The molecule has 0 spiro atoms. The van der Waals surface area contributed by atoms with Gasteiger partial charge in [0, 0.05) is 20.1 Å². The lowest BCUT2D eigenvalue weighted by molar-refractivity contribution is -0.153. The minimum absolute atomic E-state index is 0.0691. The second-order valence-electron chi connectivity index (χ2n) is 5.30. The fourth-order valence-electron chi connectivity index (χ4n) is 1.58. The van der Waals surface area contributed by atoms with Gasteiger partial charge in [-0.15, -0.1) is 0 Å². The number of carboxylic acids is 1. The Bertz CT molecular complexity index is 305. The van der Waals surface area contributed by atoms with Gasteiger partial charge in [0.1, 0.15) is 0 Å². The third-order valence-corrected chi connectivity index (χ3v) is 3.45. The number of hydrogen-bond acceptors (Lipinski definition) is 4. The number of aliphatic hydroxyl groups excluding tert-OH is 1. The molecule has 0 aromatic heterocycles. The molecular weight excluding hydrogens is 250 g/mol. The number of aliphatic carboxylic acids is 1. The van der Waals surface area contributed by atoms with Gasteiger partial charge in [0.25, 0.3) is 0 Å². The predicted molar refractivity (Wildman–Crippen MR) is 70.7 cm³/mol. The average molecular weight is 275 g/mol. The Morgan fingerprint density at radius 1 is 1.37 bits per heavy atom. The zero-order valence-electron chi connectivity index (χ0n) is 12.1. The molecule has 112 valence electrons. The highest BCUT2D eigenvalue weighted by molar-refractivity contribution is 5.84. The Kier molecular flexibility index (Phi) is 7.63. The van der Waals surface area contributed by atoms with Gasteiger partial charge in [0.2, 0.25) is 5.91 Å². The highest BCUT2D eigenvalue weighted by atomic mass is 16.5. The maximum absolute atomic E-state index is 11.7. The Morgan fingerprint density at radius 2 is 1.95 bits per heavy atom. The number of rotatable bonds is 9. The second-order valence-corrected chi connectivity index (χ2v) is 5.30. The standard InChI is InChI=1S/C13H25NO5/c1-9(2)13(3,12(17)18)7-11(16)14-6-5-10(15)8-19-4/h9-10,15H,5-8H2,1-4H3,(H,14,16)(H,17,18). The van der Waals surface area contributed by atoms with Crippen LogP contribution in [0.15, 0.2) is 0 Å². The number of carbonyl (C=O) groups is 2. The molecule has 6 heteroatoms. The largest absolute Gasteiger partial charge is 0.481 e. The monoisotopic (exact) mass is 275 g/mol. The van der Waals surface area contributed by atoms with Crippen molar-refractivity contribution in [1.82, 2.24) is 5.32 Å². The van der Waals surface area contributed by atoms with Crippen molar-refractivity contribution >= 4 is 11.9 Å². The van der Waals surface area contributed by atoms with Crippen LogP contribution in [0.25, 0.3) is 0 Å². The van der Waals surface area contributed by atoms with Crippen molar-refractivity contribution in [2.45, 2.75) is 39.7 Å². The number of hydrogen-bond donors (Lipinski definition) is 3. The van der Waals surface area contributed by atoms with Crippen LogP contribution in [0.1, 0.15) is 33.6 Å². The minimum atomic E-state index is -1.07. The van der Waals surface area contributed by atoms with Gasteiger partial charge in [0.05, 0.1) is 18.1 Å². The summed E-state index contributed by atoms with van der Waals surface area (Å²) in [5.74, 6) is -1.44. The SMILES string of the molecule is COCC(O)CCNC(=O)CC(C)(C(=O)O)C(C)C. The van der Waals surface area contributed by atoms with E-state index in [-0.39, 0.29) is 24.9 Å². The number of ether oxygens (including phenoxy) is 1. The van der Waals surface area contributed by atoms with E-state index < -0.39 is 17.5 Å². The van der Waals surface area contributed by atoms with Crippen LogP contribution in [0.5, 0.6) is 0 Å². The Labute approximate surface area is 114 Å². The molecule has 0 aliphatic carbocycles. The Hall–Kier alpha value is -1.14. The molecule has 2 atom stereocenters. The zero-order chi connectivity index (χ0) is 15.1. The first-order valence-corrected chi connectivity index (χ1v) is 6.41. The van der Waals surface area contributed by atoms with Gasteiger partial charge in [-0.25, -0.2) is 0 Å². The van der Waals surface area contributed by atoms with Crippen LogP contribution in [0.2, 0.25) is 0 Å². The molecule has 1 amide bonds. The Balaban J connectivity index is 4.19. The van der Waals surface area contributed by atoms with Crippen LogP contribution in [-0.2, 0) is 14.3 Å².